The van der Waals surface area contributed by atoms with Gasteiger partial charge in [0.2, 0.25) is 0 Å². The summed E-state index contributed by atoms with van der Waals surface area (Å²) >= 11 is 0. The number of carboxylic acids is 1. The van der Waals surface area contributed by atoms with Crippen LogP contribution in [0.15, 0.2) is 48.6 Å². The van der Waals surface area contributed by atoms with Gasteiger partial charge in [-0.05, 0) is 51.4 Å². The summed E-state index contributed by atoms with van der Waals surface area (Å²) < 4.78 is 33.1. The molecule has 290 valence electrons. The fraction of sp³-hybridized carbons (Fsp3) is 0.744. The summed E-state index contributed by atoms with van der Waals surface area (Å²) in [7, 11) is -4.61. The lowest BCUT2D eigenvalue weighted by Gasteiger charge is -2.20. The molecule has 50 heavy (non-hydrogen) atoms. The minimum absolute atomic E-state index is 0.0106. The molecule has 0 aliphatic carbocycles. The monoisotopic (exact) mass is 727 g/mol. The zero-order valence-corrected chi connectivity index (χ0v) is 32.1. The number of hydrogen-bond acceptors (Lipinski definition) is 8. The van der Waals surface area contributed by atoms with E-state index >= 15 is 0 Å². The van der Waals surface area contributed by atoms with Crippen molar-refractivity contribution in [3.8, 4) is 0 Å². The number of phosphoric acid groups is 1. The third-order valence-electron chi connectivity index (χ3n) is 7.87. The number of carbonyl (C=O) groups excluding carboxylic acids is 1. The predicted octanol–water partition coefficient (Wildman–Crippen LogP) is 9.92. The summed E-state index contributed by atoms with van der Waals surface area (Å²) in [5.41, 5.74) is 5.33. The molecule has 0 amide bonds. The Morgan fingerprint density at radius 2 is 1.16 bits per heavy atom. The molecule has 10 nitrogen and oxygen atoms in total. The highest BCUT2D eigenvalue weighted by molar-refractivity contribution is 7.47. The number of rotatable bonds is 36. The smallest absolute Gasteiger partial charge is 0.472 e. The van der Waals surface area contributed by atoms with Crippen LogP contribution >= 0.6 is 7.82 Å². The maximum atomic E-state index is 12.6. The molecule has 0 fully saturated rings. The Balaban J connectivity index is 4.28. The van der Waals surface area contributed by atoms with Crippen molar-refractivity contribution in [2.45, 2.75) is 161 Å². The second-order valence-corrected chi connectivity index (χ2v) is 14.1. The molecule has 11 heteroatoms. The number of aliphatic carboxylic acids is 1. The molecule has 0 radical (unpaired) electrons. The van der Waals surface area contributed by atoms with Gasteiger partial charge in [0, 0.05) is 13.0 Å². The fourth-order valence-electron chi connectivity index (χ4n) is 4.89. The van der Waals surface area contributed by atoms with Crippen molar-refractivity contribution in [3.63, 3.8) is 0 Å². The van der Waals surface area contributed by atoms with Crippen LogP contribution in [0.25, 0.3) is 0 Å². The first-order valence-corrected chi connectivity index (χ1v) is 20.7. The molecule has 0 aromatic heterocycles. The Kier molecular flexibility index (Phi) is 33.9. The molecule has 0 aliphatic heterocycles. The average Bonchev–Trinajstić information content (AvgIpc) is 3.09. The van der Waals surface area contributed by atoms with Crippen LogP contribution in [-0.4, -0.2) is 60.5 Å². The quantitative estimate of drug-likeness (QED) is 0.0246. The molecule has 0 spiro atoms. The van der Waals surface area contributed by atoms with Crippen LogP contribution in [0, 0.1) is 0 Å². The van der Waals surface area contributed by atoms with Gasteiger partial charge in [0.05, 0.1) is 19.8 Å². The van der Waals surface area contributed by atoms with E-state index in [-0.39, 0.29) is 13.0 Å². The molecule has 3 atom stereocenters. The summed E-state index contributed by atoms with van der Waals surface area (Å²) in [6.07, 6.45) is 38.8. The van der Waals surface area contributed by atoms with Crippen LogP contribution in [-0.2, 0) is 32.7 Å². The molecule has 0 aromatic carbocycles. The molecule has 0 saturated carbocycles. The second-order valence-electron chi connectivity index (χ2n) is 12.7. The van der Waals surface area contributed by atoms with Crippen LogP contribution in [0.3, 0.4) is 0 Å². The van der Waals surface area contributed by atoms with Crippen LogP contribution in [0.4, 0.5) is 0 Å². The van der Waals surface area contributed by atoms with Crippen molar-refractivity contribution in [2.75, 3.05) is 26.4 Å². The maximum Gasteiger partial charge on any atom is 0.472 e. The number of carbonyl (C=O) groups is 2. The SMILES string of the molecule is CC/C=C\C/C=C\C/C=C\C/C=C\CCCCCCCCC(=O)OC(COCCCCCCCCCCC)COP(=O)(O)OCC(N)C(=O)O. The molecule has 0 saturated heterocycles. The molecule has 0 aliphatic rings. The number of ether oxygens (including phenoxy) is 2. The Labute approximate surface area is 303 Å². The first kappa shape index (κ1) is 47.9. The van der Waals surface area contributed by atoms with Gasteiger partial charge in [-0.3, -0.25) is 18.6 Å². The van der Waals surface area contributed by atoms with E-state index < -0.39 is 45.1 Å². The minimum Gasteiger partial charge on any atom is -0.480 e. The fourth-order valence-corrected chi connectivity index (χ4v) is 5.67. The van der Waals surface area contributed by atoms with Crippen molar-refractivity contribution < 1.29 is 42.7 Å². The lowest BCUT2D eigenvalue weighted by atomic mass is 10.1. The van der Waals surface area contributed by atoms with E-state index in [1.54, 1.807) is 0 Å². The number of hydrogen-bond donors (Lipinski definition) is 3. The van der Waals surface area contributed by atoms with Gasteiger partial charge in [-0.15, -0.1) is 0 Å². The number of allylic oxidation sites excluding steroid dienone is 8. The predicted molar refractivity (Wildman–Crippen MR) is 203 cm³/mol. The van der Waals surface area contributed by atoms with E-state index in [1.807, 2.05) is 0 Å². The Morgan fingerprint density at radius 1 is 0.660 bits per heavy atom. The number of unbranched alkanes of at least 4 members (excludes halogenated alkanes) is 14. The third-order valence-corrected chi connectivity index (χ3v) is 8.82. The van der Waals surface area contributed by atoms with Gasteiger partial charge in [-0.1, -0.05) is 140 Å². The number of carboxylic acid groups (broad SMARTS) is 1. The van der Waals surface area contributed by atoms with Gasteiger partial charge in [0.25, 0.3) is 0 Å². The summed E-state index contributed by atoms with van der Waals surface area (Å²) in [5, 5.41) is 8.85. The van der Waals surface area contributed by atoms with Gasteiger partial charge in [-0.25, -0.2) is 4.57 Å². The highest BCUT2D eigenvalue weighted by Crippen LogP contribution is 2.43. The van der Waals surface area contributed by atoms with Gasteiger partial charge in [0.1, 0.15) is 12.1 Å². The Hall–Kier alpha value is -2.07. The van der Waals surface area contributed by atoms with E-state index in [4.69, 9.17) is 24.8 Å². The summed E-state index contributed by atoms with van der Waals surface area (Å²) in [6.45, 7) is 3.71. The van der Waals surface area contributed by atoms with E-state index in [0.717, 1.165) is 83.5 Å². The van der Waals surface area contributed by atoms with Crippen molar-refractivity contribution in [1.29, 1.82) is 0 Å². The van der Waals surface area contributed by atoms with E-state index in [0.29, 0.717) is 13.0 Å². The van der Waals surface area contributed by atoms with Crippen LogP contribution in [0.5, 0.6) is 0 Å². The Morgan fingerprint density at radius 3 is 1.74 bits per heavy atom. The van der Waals surface area contributed by atoms with Gasteiger partial charge in [-0.2, -0.15) is 0 Å². The lowest BCUT2D eigenvalue weighted by molar-refractivity contribution is -0.154. The standard InChI is InChI=1S/C39H70NO9P/c1-3-5-7-9-11-13-14-15-16-17-18-19-20-21-22-23-25-27-29-31-38(41)49-36(34-47-50(44,45)48-35-37(40)39(42)43)33-46-32-30-28-26-24-12-10-8-6-4-2/h5,7,11,13,15-16,18-19,36-37H,3-4,6,8-10,12,14,17,20-35,40H2,1-2H3,(H,42,43)(H,44,45)/b7-5-,13-11-,16-15-,19-18-. The van der Waals surface area contributed by atoms with Crippen molar-refractivity contribution in [1.82, 2.24) is 0 Å². The minimum atomic E-state index is -4.61. The topological polar surface area (TPSA) is 155 Å². The summed E-state index contributed by atoms with van der Waals surface area (Å²) in [4.78, 5) is 33.4. The number of nitrogens with two attached hydrogens (primary N) is 1. The van der Waals surface area contributed by atoms with Gasteiger partial charge in [0.15, 0.2) is 0 Å². The Bertz CT molecular complexity index is 983. The second kappa shape index (κ2) is 35.3. The van der Waals surface area contributed by atoms with Gasteiger partial charge < -0.3 is 25.2 Å². The molecule has 3 unspecified atom stereocenters. The first-order chi connectivity index (χ1) is 24.2. The van der Waals surface area contributed by atoms with E-state index in [2.05, 4.69) is 67.0 Å². The molecule has 0 aromatic rings. The summed E-state index contributed by atoms with van der Waals surface area (Å²) in [5.74, 6) is -1.80. The molecular weight excluding hydrogens is 657 g/mol. The van der Waals surface area contributed by atoms with E-state index in [1.165, 1.54) is 38.5 Å². The molecular formula is C39H70NO9P. The number of phosphoric ester groups is 1. The van der Waals surface area contributed by atoms with Crippen molar-refractivity contribution >= 4 is 19.8 Å². The molecule has 4 N–H and O–H groups in total. The third kappa shape index (κ3) is 34.4. The highest BCUT2D eigenvalue weighted by atomic mass is 31.2. The zero-order chi connectivity index (χ0) is 37.0. The highest BCUT2D eigenvalue weighted by Gasteiger charge is 2.27. The van der Waals surface area contributed by atoms with Crippen molar-refractivity contribution in [3.05, 3.63) is 48.6 Å². The van der Waals surface area contributed by atoms with E-state index in [9.17, 15) is 19.0 Å². The first-order valence-electron chi connectivity index (χ1n) is 19.2. The molecule has 0 bridgehead atoms. The zero-order valence-electron chi connectivity index (χ0n) is 31.2. The molecule has 0 rings (SSSR count). The van der Waals surface area contributed by atoms with Gasteiger partial charge >= 0.3 is 19.8 Å². The normalized spacial score (nSPS) is 14.6. The lowest BCUT2D eigenvalue weighted by Crippen LogP contribution is -2.34. The summed E-state index contributed by atoms with van der Waals surface area (Å²) in [6, 6.07) is -1.47. The van der Waals surface area contributed by atoms with Crippen LogP contribution < -0.4 is 5.73 Å². The maximum absolute atomic E-state index is 12.6. The largest absolute Gasteiger partial charge is 0.480 e. The number of esters is 1. The average molecular weight is 728 g/mol. The van der Waals surface area contributed by atoms with Crippen molar-refractivity contribution in [2.24, 2.45) is 5.73 Å². The molecule has 0 heterocycles. The van der Waals surface area contributed by atoms with Crippen LogP contribution in [0.2, 0.25) is 0 Å². The van der Waals surface area contributed by atoms with Crippen LogP contribution in [0.1, 0.15) is 149 Å².